The Labute approximate surface area is 122 Å². The van der Waals surface area contributed by atoms with Crippen molar-refractivity contribution in [1.29, 1.82) is 0 Å². The van der Waals surface area contributed by atoms with Crippen LogP contribution < -0.4 is 10.6 Å². The highest BCUT2D eigenvalue weighted by Gasteiger charge is 2.26. The topological polar surface area (TPSA) is 78.4 Å². The van der Waals surface area contributed by atoms with Gasteiger partial charge < -0.3 is 15.7 Å². The second-order valence-electron chi connectivity index (χ2n) is 5.29. The Morgan fingerprint density at radius 3 is 2.86 bits per heavy atom. The van der Waals surface area contributed by atoms with Crippen molar-refractivity contribution >= 4 is 17.6 Å². The van der Waals surface area contributed by atoms with Gasteiger partial charge in [-0.25, -0.2) is 9.18 Å². The fraction of sp³-hybridized carbons (Fsp3) is 0.467. The van der Waals surface area contributed by atoms with Gasteiger partial charge in [0.05, 0.1) is 11.6 Å². The van der Waals surface area contributed by atoms with Crippen molar-refractivity contribution in [2.24, 2.45) is 5.92 Å². The fourth-order valence-corrected chi connectivity index (χ4v) is 2.56. The van der Waals surface area contributed by atoms with Crippen molar-refractivity contribution < 1.29 is 19.1 Å². The first kappa shape index (κ1) is 15.4. The van der Waals surface area contributed by atoms with E-state index in [1.807, 2.05) is 0 Å². The molecule has 0 aliphatic carbocycles. The highest BCUT2D eigenvalue weighted by Crippen LogP contribution is 2.21. The maximum Gasteiger partial charge on any atom is 0.338 e. The van der Waals surface area contributed by atoms with Gasteiger partial charge in [0.15, 0.2) is 0 Å². The number of halogens is 1. The Balaban J connectivity index is 2.02. The average molecular weight is 294 g/mol. The molecule has 5 nitrogen and oxygen atoms in total. The molecule has 1 aliphatic heterocycles. The molecule has 114 valence electrons. The lowest BCUT2D eigenvalue weighted by Gasteiger charge is -2.28. The summed E-state index contributed by atoms with van der Waals surface area (Å²) in [6.45, 7) is 2.90. The summed E-state index contributed by atoms with van der Waals surface area (Å²) in [6.07, 6.45) is 2.85. The summed E-state index contributed by atoms with van der Waals surface area (Å²) >= 11 is 0. The molecule has 1 aromatic carbocycles. The lowest BCUT2D eigenvalue weighted by atomic mass is 9.90. The number of hydrogen-bond donors (Lipinski definition) is 3. The third-order valence-corrected chi connectivity index (χ3v) is 3.87. The molecule has 2 rings (SSSR count). The van der Waals surface area contributed by atoms with E-state index in [0.29, 0.717) is 5.92 Å². The van der Waals surface area contributed by atoms with Crippen LogP contribution in [-0.2, 0) is 4.79 Å². The van der Waals surface area contributed by atoms with Crippen LogP contribution in [0, 0.1) is 11.7 Å². The Bertz CT molecular complexity index is 548. The molecule has 0 saturated carbocycles. The summed E-state index contributed by atoms with van der Waals surface area (Å²) in [4.78, 5) is 22.9. The minimum Gasteiger partial charge on any atom is -0.478 e. The first-order valence-corrected chi connectivity index (χ1v) is 7.08. The summed E-state index contributed by atoms with van der Waals surface area (Å²) in [5.74, 6) is -1.88. The van der Waals surface area contributed by atoms with E-state index >= 15 is 0 Å². The van der Waals surface area contributed by atoms with E-state index in [-0.39, 0.29) is 17.6 Å². The van der Waals surface area contributed by atoms with Gasteiger partial charge in [0.25, 0.3) is 0 Å². The van der Waals surface area contributed by atoms with Crippen LogP contribution in [0.25, 0.3) is 0 Å². The largest absolute Gasteiger partial charge is 0.478 e. The van der Waals surface area contributed by atoms with Gasteiger partial charge in [0.2, 0.25) is 5.91 Å². The Morgan fingerprint density at radius 1 is 1.48 bits per heavy atom. The number of carbonyl (C=O) groups excluding carboxylic acids is 1. The molecule has 1 saturated heterocycles. The lowest BCUT2D eigenvalue weighted by Crippen LogP contribution is -2.46. The zero-order valence-corrected chi connectivity index (χ0v) is 11.9. The first-order valence-electron chi connectivity index (χ1n) is 7.08. The molecule has 1 aliphatic rings. The van der Waals surface area contributed by atoms with Crippen LogP contribution in [0.3, 0.4) is 0 Å². The highest BCUT2D eigenvalue weighted by molar-refractivity contribution is 5.95. The molecule has 0 radical (unpaired) electrons. The zero-order chi connectivity index (χ0) is 15.4. The van der Waals surface area contributed by atoms with E-state index in [9.17, 15) is 14.0 Å². The number of benzene rings is 1. The van der Waals surface area contributed by atoms with Crippen LogP contribution >= 0.6 is 0 Å². The van der Waals surface area contributed by atoms with Gasteiger partial charge in [0, 0.05) is 5.69 Å². The number of anilines is 1. The van der Waals surface area contributed by atoms with Gasteiger partial charge >= 0.3 is 5.97 Å². The Kier molecular flexibility index (Phi) is 4.90. The summed E-state index contributed by atoms with van der Waals surface area (Å²) in [5, 5.41) is 14.5. The van der Waals surface area contributed by atoms with E-state index in [1.54, 1.807) is 0 Å². The highest BCUT2D eigenvalue weighted by atomic mass is 19.1. The lowest BCUT2D eigenvalue weighted by molar-refractivity contribution is -0.119. The maximum absolute atomic E-state index is 13.6. The number of aromatic carboxylic acids is 1. The number of rotatable bonds is 4. The molecule has 0 bridgehead atoms. The zero-order valence-electron chi connectivity index (χ0n) is 11.9. The van der Waals surface area contributed by atoms with E-state index in [1.165, 1.54) is 6.07 Å². The average Bonchev–Trinajstić information content (AvgIpc) is 2.47. The summed E-state index contributed by atoms with van der Waals surface area (Å²) in [5.41, 5.74) is -0.141. The van der Waals surface area contributed by atoms with Crippen molar-refractivity contribution in [3.63, 3.8) is 0 Å². The normalized spacial score (nSPS) is 21.8. The molecule has 0 spiro atoms. The molecular weight excluding hydrogens is 275 g/mol. The third-order valence-electron chi connectivity index (χ3n) is 3.87. The number of piperidine rings is 1. The molecule has 21 heavy (non-hydrogen) atoms. The van der Waals surface area contributed by atoms with Crippen LogP contribution in [0.1, 0.15) is 36.5 Å². The fourth-order valence-electron chi connectivity index (χ4n) is 2.56. The van der Waals surface area contributed by atoms with Gasteiger partial charge in [0.1, 0.15) is 5.82 Å². The molecule has 0 aromatic heterocycles. The molecule has 1 amide bonds. The second kappa shape index (κ2) is 6.67. The number of hydrogen-bond acceptors (Lipinski definition) is 3. The van der Waals surface area contributed by atoms with Gasteiger partial charge in [-0.05, 0) is 43.5 Å². The summed E-state index contributed by atoms with van der Waals surface area (Å²) in [6, 6.07) is 3.29. The van der Waals surface area contributed by atoms with Gasteiger partial charge in [-0.1, -0.05) is 13.3 Å². The molecule has 1 aromatic rings. The molecule has 2 atom stereocenters. The van der Waals surface area contributed by atoms with Crippen molar-refractivity contribution in [3.05, 3.63) is 29.6 Å². The van der Waals surface area contributed by atoms with Crippen LogP contribution in [0.4, 0.5) is 10.1 Å². The van der Waals surface area contributed by atoms with Gasteiger partial charge in [-0.2, -0.15) is 0 Å². The maximum atomic E-state index is 13.6. The van der Waals surface area contributed by atoms with Gasteiger partial charge in [-0.3, -0.25) is 4.79 Å². The Morgan fingerprint density at radius 2 is 2.24 bits per heavy atom. The predicted molar refractivity (Wildman–Crippen MR) is 76.8 cm³/mol. The van der Waals surface area contributed by atoms with E-state index < -0.39 is 17.3 Å². The summed E-state index contributed by atoms with van der Waals surface area (Å²) in [7, 11) is 0. The number of carbonyl (C=O) groups is 2. The SMILES string of the molecule is CCC1CCNC(C(=O)Nc2ccc(C(=O)O)c(F)c2)C1. The minimum atomic E-state index is -1.33. The van der Waals surface area contributed by atoms with E-state index in [2.05, 4.69) is 17.6 Å². The molecular formula is C15H19FN2O3. The van der Waals surface area contributed by atoms with Crippen LogP contribution in [0.5, 0.6) is 0 Å². The monoisotopic (exact) mass is 294 g/mol. The van der Waals surface area contributed by atoms with Crippen LogP contribution in [0.2, 0.25) is 0 Å². The van der Waals surface area contributed by atoms with Crippen molar-refractivity contribution in [3.8, 4) is 0 Å². The predicted octanol–water partition coefficient (Wildman–Crippen LogP) is 2.24. The standard InChI is InChI=1S/C15H19FN2O3/c1-2-9-5-6-17-13(7-9)14(19)18-10-3-4-11(15(20)21)12(16)8-10/h3-4,8-9,13,17H,2,5-7H2,1H3,(H,18,19)(H,20,21). The third kappa shape index (κ3) is 3.78. The van der Waals surface area contributed by atoms with E-state index in [4.69, 9.17) is 5.11 Å². The Hall–Kier alpha value is -1.95. The van der Waals surface area contributed by atoms with Crippen molar-refractivity contribution in [1.82, 2.24) is 5.32 Å². The second-order valence-corrected chi connectivity index (χ2v) is 5.29. The molecule has 1 heterocycles. The van der Waals surface area contributed by atoms with Crippen LogP contribution in [-0.4, -0.2) is 29.6 Å². The number of carboxylic acid groups (broad SMARTS) is 1. The molecule has 2 unspecified atom stereocenters. The first-order chi connectivity index (χ1) is 10.0. The smallest absolute Gasteiger partial charge is 0.338 e. The number of amides is 1. The number of nitrogens with one attached hydrogen (secondary N) is 2. The van der Waals surface area contributed by atoms with Crippen molar-refractivity contribution in [2.75, 3.05) is 11.9 Å². The van der Waals surface area contributed by atoms with E-state index in [0.717, 1.165) is 37.9 Å². The molecule has 6 heteroatoms. The van der Waals surface area contributed by atoms with Gasteiger partial charge in [-0.15, -0.1) is 0 Å². The van der Waals surface area contributed by atoms with Crippen molar-refractivity contribution in [2.45, 2.75) is 32.2 Å². The number of carboxylic acids is 1. The molecule has 3 N–H and O–H groups in total. The summed E-state index contributed by atoms with van der Waals surface area (Å²) < 4.78 is 13.6. The minimum absolute atomic E-state index is 0.212. The quantitative estimate of drug-likeness (QED) is 0.796. The van der Waals surface area contributed by atoms with Crippen LogP contribution in [0.15, 0.2) is 18.2 Å². The molecule has 1 fully saturated rings.